The molecule has 2 nitrogen and oxygen atoms in total. The summed E-state index contributed by atoms with van der Waals surface area (Å²) >= 11 is 3.11. The summed E-state index contributed by atoms with van der Waals surface area (Å²) in [6.45, 7) is 2.12. The molecule has 0 heterocycles. The Balaban J connectivity index is 0.000000424. The van der Waals surface area contributed by atoms with Crippen molar-refractivity contribution in [2.24, 2.45) is 0 Å². The average molecular weight is 198 g/mol. The monoisotopic (exact) mass is 198 g/mol. The molecule has 0 atom stereocenters. The first-order valence-electron chi connectivity index (χ1n) is 3.99. The second kappa shape index (κ2) is 7.68. The zero-order chi connectivity index (χ0) is 10.1. The quantitative estimate of drug-likeness (QED) is 0.583. The molecular formula is C10H14O2S. The van der Waals surface area contributed by atoms with E-state index in [0.717, 1.165) is 12.2 Å². The van der Waals surface area contributed by atoms with Crippen LogP contribution in [0.5, 0.6) is 5.75 Å². The second-order valence-corrected chi connectivity index (χ2v) is 2.48. The van der Waals surface area contributed by atoms with Crippen LogP contribution in [0.4, 0.5) is 0 Å². The van der Waals surface area contributed by atoms with Crippen molar-refractivity contribution in [1.29, 1.82) is 0 Å². The Hall–Kier alpha value is -0.960. The van der Waals surface area contributed by atoms with E-state index in [2.05, 4.69) is 25.6 Å². The zero-order valence-electron chi connectivity index (χ0n) is 7.86. The Kier molecular flexibility index (Phi) is 7.11. The highest BCUT2D eigenvalue weighted by atomic mass is 32.1. The average Bonchev–Trinajstić information content (AvgIpc) is 2.19. The molecule has 0 spiro atoms. The summed E-state index contributed by atoms with van der Waals surface area (Å²) < 4.78 is 5.14. The number of hydrogen-bond acceptors (Lipinski definition) is 2. The number of ether oxygens (including phenoxy) is 1. The Labute approximate surface area is 84.3 Å². The third-order valence-electron chi connectivity index (χ3n) is 1.57. The van der Waals surface area contributed by atoms with Crippen LogP contribution in [0.3, 0.4) is 0 Å². The maximum Gasteiger partial charge on any atom is 0.173 e. The molecule has 0 fully saturated rings. The van der Waals surface area contributed by atoms with Crippen molar-refractivity contribution in [2.45, 2.75) is 13.3 Å². The Morgan fingerprint density at radius 1 is 1.46 bits per heavy atom. The third-order valence-corrected chi connectivity index (χ3v) is 1.57. The summed E-state index contributed by atoms with van der Waals surface area (Å²) in [5.74, 6) is 0.991. The summed E-state index contributed by atoms with van der Waals surface area (Å²) in [6.07, 6.45) is 1.03. The topological polar surface area (TPSA) is 26.3 Å². The largest absolute Gasteiger partial charge is 0.496 e. The minimum absolute atomic E-state index is 0.444. The van der Waals surface area contributed by atoms with Gasteiger partial charge in [-0.15, -0.1) is 12.6 Å². The first-order chi connectivity index (χ1) is 6.29. The Morgan fingerprint density at radius 2 is 2.00 bits per heavy atom. The van der Waals surface area contributed by atoms with Crippen molar-refractivity contribution in [2.75, 3.05) is 7.11 Å². The fourth-order valence-electron chi connectivity index (χ4n) is 0.995. The number of thiol groups is 1. The molecule has 0 aliphatic heterocycles. The van der Waals surface area contributed by atoms with Gasteiger partial charge in [0.1, 0.15) is 5.75 Å². The van der Waals surface area contributed by atoms with Crippen molar-refractivity contribution in [3.05, 3.63) is 29.8 Å². The van der Waals surface area contributed by atoms with Crippen molar-refractivity contribution < 1.29 is 9.53 Å². The molecule has 0 bridgehead atoms. The van der Waals surface area contributed by atoms with Gasteiger partial charge in [0.2, 0.25) is 0 Å². The molecule has 0 saturated carbocycles. The molecule has 1 aromatic rings. The van der Waals surface area contributed by atoms with Crippen molar-refractivity contribution in [3.63, 3.8) is 0 Å². The zero-order valence-corrected chi connectivity index (χ0v) is 8.75. The van der Waals surface area contributed by atoms with Gasteiger partial charge < -0.3 is 4.74 Å². The van der Waals surface area contributed by atoms with Crippen LogP contribution in [-0.4, -0.2) is 12.7 Å². The lowest BCUT2D eigenvalue weighted by Crippen LogP contribution is -1.88. The molecule has 0 saturated heterocycles. The number of para-hydroxylation sites is 1. The van der Waals surface area contributed by atoms with Crippen LogP contribution in [0.2, 0.25) is 0 Å². The van der Waals surface area contributed by atoms with Gasteiger partial charge in [-0.25, -0.2) is 0 Å². The molecule has 0 amide bonds. The molecule has 13 heavy (non-hydrogen) atoms. The van der Waals surface area contributed by atoms with Gasteiger partial charge in [-0.05, 0) is 18.1 Å². The van der Waals surface area contributed by atoms with E-state index in [1.165, 1.54) is 5.56 Å². The summed E-state index contributed by atoms with van der Waals surface area (Å²) in [6, 6.07) is 8.08. The van der Waals surface area contributed by atoms with Gasteiger partial charge in [-0.3, -0.25) is 4.79 Å². The molecule has 0 aromatic heterocycles. The lowest BCUT2D eigenvalue weighted by atomic mass is 10.1. The normalized spacial score (nSPS) is 8.23. The number of methoxy groups -OCH3 is 1. The number of rotatable bonds is 2. The first kappa shape index (κ1) is 12.0. The maximum atomic E-state index is 8.67. The van der Waals surface area contributed by atoms with Gasteiger partial charge in [0.25, 0.3) is 0 Å². The number of carbonyl (C=O) groups excluding carboxylic acids is 1. The number of aryl methyl sites for hydroxylation is 1. The third kappa shape index (κ3) is 4.58. The summed E-state index contributed by atoms with van der Waals surface area (Å²) in [5, 5.41) is 0. The van der Waals surface area contributed by atoms with Crippen LogP contribution in [0.15, 0.2) is 24.3 Å². The van der Waals surface area contributed by atoms with Crippen LogP contribution in [-0.2, 0) is 11.2 Å². The molecule has 0 aliphatic rings. The van der Waals surface area contributed by atoms with E-state index in [-0.39, 0.29) is 0 Å². The number of benzene rings is 1. The lowest BCUT2D eigenvalue weighted by Gasteiger charge is -2.03. The number of carbonyl (C=O) groups is 1. The molecule has 0 aliphatic carbocycles. The molecule has 1 aromatic carbocycles. The summed E-state index contributed by atoms with van der Waals surface area (Å²) in [5.41, 5.74) is 1.71. The van der Waals surface area contributed by atoms with E-state index < -0.39 is 0 Å². The summed E-state index contributed by atoms with van der Waals surface area (Å²) in [4.78, 5) is 8.67. The fourth-order valence-corrected chi connectivity index (χ4v) is 0.995. The molecule has 72 valence electrons. The van der Waals surface area contributed by atoms with Gasteiger partial charge in [-0.1, -0.05) is 25.1 Å². The highest BCUT2D eigenvalue weighted by Crippen LogP contribution is 2.16. The fraction of sp³-hybridized carbons (Fsp3) is 0.300. The Bertz CT molecular complexity index is 225. The van der Waals surface area contributed by atoms with Crippen LogP contribution in [0, 0.1) is 0 Å². The number of hydrogen-bond donors (Lipinski definition) is 1. The second-order valence-electron chi connectivity index (χ2n) is 2.27. The van der Waals surface area contributed by atoms with Gasteiger partial charge in [-0.2, -0.15) is 0 Å². The maximum absolute atomic E-state index is 8.67. The molecule has 1 rings (SSSR count). The predicted molar refractivity (Wildman–Crippen MR) is 58.1 cm³/mol. The highest BCUT2D eigenvalue weighted by molar-refractivity contribution is 7.94. The van der Waals surface area contributed by atoms with Crippen LogP contribution in [0.25, 0.3) is 0 Å². The van der Waals surface area contributed by atoms with Crippen LogP contribution >= 0.6 is 12.6 Å². The molecule has 3 heteroatoms. The SMILES string of the molecule is CCc1ccccc1OC.O=CS. The van der Waals surface area contributed by atoms with E-state index in [4.69, 9.17) is 9.53 Å². The molecule has 0 unspecified atom stereocenters. The van der Waals surface area contributed by atoms with Crippen molar-refractivity contribution in [1.82, 2.24) is 0 Å². The molecule has 0 radical (unpaired) electrons. The predicted octanol–water partition coefficient (Wildman–Crippen LogP) is 2.36. The van der Waals surface area contributed by atoms with Gasteiger partial charge in [0.15, 0.2) is 5.62 Å². The van der Waals surface area contributed by atoms with E-state index >= 15 is 0 Å². The highest BCUT2D eigenvalue weighted by Gasteiger charge is 1.95. The Morgan fingerprint density at radius 3 is 2.38 bits per heavy atom. The van der Waals surface area contributed by atoms with E-state index in [1.54, 1.807) is 7.11 Å². The van der Waals surface area contributed by atoms with Gasteiger partial charge in [0.05, 0.1) is 7.11 Å². The first-order valence-corrected chi connectivity index (χ1v) is 4.51. The van der Waals surface area contributed by atoms with Gasteiger partial charge >= 0.3 is 0 Å². The van der Waals surface area contributed by atoms with E-state index in [1.807, 2.05) is 18.2 Å². The van der Waals surface area contributed by atoms with Crippen molar-refractivity contribution in [3.8, 4) is 5.75 Å². The molecule has 0 N–H and O–H groups in total. The van der Waals surface area contributed by atoms with Crippen molar-refractivity contribution >= 4 is 18.2 Å². The smallest absolute Gasteiger partial charge is 0.173 e. The minimum atomic E-state index is 0.444. The minimum Gasteiger partial charge on any atom is -0.496 e. The lowest BCUT2D eigenvalue weighted by molar-refractivity contribution is 0.410. The van der Waals surface area contributed by atoms with Gasteiger partial charge in [0, 0.05) is 0 Å². The van der Waals surface area contributed by atoms with Crippen LogP contribution < -0.4 is 4.74 Å². The van der Waals surface area contributed by atoms with E-state index in [9.17, 15) is 0 Å². The summed E-state index contributed by atoms with van der Waals surface area (Å²) in [7, 11) is 1.70. The standard InChI is InChI=1S/C9H12O.CH2OS/c1-3-8-6-4-5-7-9(8)10-2;2-1-3/h4-7H,3H2,1-2H3;1H,(H,2,3). The molecular weight excluding hydrogens is 184 g/mol. The van der Waals surface area contributed by atoms with Crippen LogP contribution in [0.1, 0.15) is 12.5 Å². The van der Waals surface area contributed by atoms with E-state index in [0.29, 0.717) is 5.62 Å².